The minimum atomic E-state index is 0.218. The van der Waals surface area contributed by atoms with E-state index in [1.54, 1.807) is 6.26 Å². The van der Waals surface area contributed by atoms with Crippen LogP contribution in [0.25, 0.3) is 11.1 Å². The van der Waals surface area contributed by atoms with Gasteiger partial charge in [0.15, 0.2) is 0 Å². The lowest BCUT2D eigenvalue weighted by Gasteiger charge is -2.25. The van der Waals surface area contributed by atoms with E-state index < -0.39 is 0 Å². The minimum absolute atomic E-state index is 0.218. The summed E-state index contributed by atoms with van der Waals surface area (Å²) in [5.41, 5.74) is 8.05. The molecule has 0 saturated carbocycles. The van der Waals surface area contributed by atoms with E-state index >= 15 is 0 Å². The second-order valence-electron chi connectivity index (χ2n) is 7.47. The fourth-order valence-corrected chi connectivity index (χ4v) is 4.30. The number of fused-ring (bicyclic) bond motifs is 1. The van der Waals surface area contributed by atoms with Crippen molar-refractivity contribution in [3.05, 3.63) is 101 Å². The van der Waals surface area contributed by atoms with Gasteiger partial charge in [-0.2, -0.15) is 0 Å². The number of rotatable bonds is 4. The van der Waals surface area contributed by atoms with Gasteiger partial charge in [-0.15, -0.1) is 0 Å². The van der Waals surface area contributed by atoms with Gasteiger partial charge < -0.3 is 9.84 Å². The summed E-state index contributed by atoms with van der Waals surface area (Å²) in [5.74, 6) is 0.218. The first-order valence-corrected chi connectivity index (χ1v) is 10.3. The lowest BCUT2D eigenvalue weighted by Crippen LogP contribution is -2.13. The molecule has 5 rings (SSSR count). The number of aromatic nitrogens is 1. The molecule has 0 bridgehead atoms. The van der Waals surface area contributed by atoms with Crippen molar-refractivity contribution in [2.45, 2.75) is 25.2 Å². The number of benzene rings is 3. The molecule has 4 aromatic rings. The van der Waals surface area contributed by atoms with Crippen LogP contribution in [-0.4, -0.2) is 5.16 Å². The highest BCUT2D eigenvalue weighted by Crippen LogP contribution is 2.41. The first-order chi connectivity index (χ1) is 14.3. The molecule has 3 nitrogen and oxygen atoms in total. The van der Waals surface area contributed by atoms with Gasteiger partial charge in [0.25, 0.3) is 0 Å². The van der Waals surface area contributed by atoms with Gasteiger partial charge in [0.05, 0.1) is 0 Å². The summed E-state index contributed by atoms with van der Waals surface area (Å²) in [6.45, 7) is 0. The van der Waals surface area contributed by atoms with E-state index in [-0.39, 0.29) is 5.92 Å². The van der Waals surface area contributed by atoms with Crippen LogP contribution in [0.15, 0.2) is 83.6 Å². The molecule has 1 atom stereocenters. The van der Waals surface area contributed by atoms with Gasteiger partial charge in [0.1, 0.15) is 17.6 Å². The smallest absolute Gasteiger partial charge is 0.147 e. The van der Waals surface area contributed by atoms with Crippen molar-refractivity contribution in [3.63, 3.8) is 0 Å². The van der Waals surface area contributed by atoms with E-state index in [9.17, 15) is 0 Å². The first-order valence-electron chi connectivity index (χ1n) is 9.93. The Bertz CT molecular complexity index is 1120. The third kappa shape index (κ3) is 3.66. The van der Waals surface area contributed by atoms with Gasteiger partial charge in [0, 0.05) is 16.6 Å². The van der Waals surface area contributed by atoms with Crippen LogP contribution in [0.2, 0.25) is 5.02 Å². The summed E-state index contributed by atoms with van der Waals surface area (Å²) in [4.78, 5) is 0. The topological polar surface area (TPSA) is 38.1 Å². The molecule has 0 saturated heterocycles. The fourth-order valence-electron chi connectivity index (χ4n) is 4.17. The molecular formula is C25H21ClN2O. The Balaban J connectivity index is 1.52. The van der Waals surface area contributed by atoms with E-state index in [1.165, 1.54) is 22.3 Å². The van der Waals surface area contributed by atoms with Crippen LogP contribution in [0, 0.1) is 0 Å². The van der Waals surface area contributed by atoms with Crippen molar-refractivity contribution in [1.29, 1.82) is 0 Å². The van der Waals surface area contributed by atoms with Crippen LogP contribution in [0.5, 0.6) is 0 Å². The van der Waals surface area contributed by atoms with Crippen LogP contribution in [0.1, 0.15) is 35.6 Å². The number of hydrogen-bond donors (Lipinski definition) is 1. The number of aryl methyl sites for hydroxylation is 1. The van der Waals surface area contributed by atoms with Crippen molar-refractivity contribution >= 4 is 23.0 Å². The molecule has 1 N–H and O–H groups in total. The largest absolute Gasteiger partial charge is 0.362 e. The number of nitrogens with zero attached hydrogens (tertiary/aromatic N) is 1. The zero-order chi connectivity index (χ0) is 19.6. The number of nitrogens with one attached hydrogen (secondary N) is 1. The maximum Gasteiger partial charge on any atom is 0.147 e. The fraction of sp³-hybridized carbons (Fsp3) is 0.160. The maximum atomic E-state index is 6.06. The highest BCUT2D eigenvalue weighted by atomic mass is 35.5. The second-order valence-corrected chi connectivity index (χ2v) is 7.91. The number of anilines is 2. The van der Waals surface area contributed by atoms with Gasteiger partial charge in [-0.25, -0.2) is 0 Å². The molecule has 0 amide bonds. The van der Waals surface area contributed by atoms with Crippen molar-refractivity contribution in [2.24, 2.45) is 0 Å². The molecule has 1 aliphatic rings. The van der Waals surface area contributed by atoms with Crippen LogP contribution < -0.4 is 5.32 Å². The molecular weight excluding hydrogens is 380 g/mol. The Labute approximate surface area is 175 Å². The average molecular weight is 401 g/mol. The van der Waals surface area contributed by atoms with Crippen molar-refractivity contribution < 1.29 is 4.52 Å². The summed E-state index contributed by atoms with van der Waals surface area (Å²) < 4.78 is 5.39. The van der Waals surface area contributed by atoms with Crippen LogP contribution in [0.3, 0.4) is 0 Å². The molecule has 144 valence electrons. The molecule has 1 heterocycles. The summed E-state index contributed by atoms with van der Waals surface area (Å²) in [6, 6.07) is 24.9. The monoisotopic (exact) mass is 400 g/mol. The Morgan fingerprint density at radius 1 is 0.931 bits per heavy atom. The lowest BCUT2D eigenvalue weighted by molar-refractivity contribution is 0.404. The molecule has 0 radical (unpaired) electrons. The van der Waals surface area contributed by atoms with E-state index in [0.29, 0.717) is 0 Å². The molecule has 1 unspecified atom stereocenters. The second kappa shape index (κ2) is 7.76. The standard InChI is InChI=1S/C25H21ClN2O/c26-20-13-11-17(12-14-20)19-10-9-18-5-4-8-22(23(18)15-19)25-24(16-29-28-25)27-21-6-2-1-3-7-21/h1-3,6-7,9-16,22,27H,4-5,8H2. The highest BCUT2D eigenvalue weighted by molar-refractivity contribution is 6.30. The molecule has 0 aliphatic heterocycles. The van der Waals surface area contributed by atoms with Gasteiger partial charge in [-0.05, 0) is 65.8 Å². The van der Waals surface area contributed by atoms with Gasteiger partial charge in [-0.1, -0.05) is 65.3 Å². The number of hydrogen-bond acceptors (Lipinski definition) is 3. The number of para-hydroxylation sites is 1. The zero-order valence-electron chi connectivity index (χ0n) is 15.9. The summed E-state index contributed by atoms with van der Waals surface area (Å²) in [6.07, 6.45) is 5.02. The summed E-state index contributed by atoms with van der Waals surface area (Å²) >= 11 is 6.06. The van der Waals surface area contributed by atoms with Crippen LogP contribution in [0.4, 0.5) is 11.4 Å². The Hall–Kier alpha value is -3.04. The van der Waals surface area contributed by atoms with Crippen LogP contribution in [-0.2, 0) is 6.42 Å². The zero-order valence-corrected chi connectivity index (χ0v) is 16.7. The summed E-state index contributed by atoms with van der Waals surface area (Å²) in [5, 5.41) is 8.61. The van der Waals surface area contributed by atoms with Gasteiger partial charge in [0.2, 0.25) is 0 Å². The van der Waals surface area contributed by atoms with Crippen molar-refractivity contribution in [3.8, 4) is 11.1 Å². The van der Waals surface area contributed by atoms with E-state index in [0.717, 1.165) is 41.4 Å². The lowest BCUT2D eigenvalue weighted by atomic mass is 9.79. The third-order valence-electron chi connectivity index (χ3n) is 5.62. The molecule has 1 aliphatic carbocycles. The summed E-state index contributed by atoms with van der Waals surface area (Å²) in [7, 11) is 0. The molecule has 4 heteroatoms. The molecule has 29 heavy (non-hydrogen) atoms. The van der Waals surface area contributed by atoms with Crippen molar-refractivity contribution in [2.75, 3.05) is 5.32 Å². The molecule has 0 fully saturated rings. The van der Waals surface area contributed by atoms with Gasteiger partial charge >= 0.3 is 0 Å². The molecule has 1 aromatic heterocycles. The number of halogens is 1. The predicted octanol–water partition coefficient (Wildman–Crippen LogP) is 7.21. The van der Waals surface area contributed by atoms with E-state index in [1.807, 2.05) is 42.5 Å². The highest BCUT2D eigenvalue weighted by Gasteiger charge is 2.27. The van der Waals surface area contributed by atoms with E-state index in [4.69, 9.17) is 16.1 Å². The Morgan fingerprint density at radius 2 is 1.72 bits per heavy atom. The van der Waals surface area contributed by atoms with Gasteiger partial charge in [-0.3, -0.25) is 0 Å². The van der Waals surface area contributed by atoms with Crippen molar-refractivity contribution in [1.82, 2.24) is 5.16 Å². The normalized spacial score (nSPS) is 15.7. The molecule has 3 aromatic carbocycles. The average Bonchev–Trinajstić information content (AvgIpc) is 3.22. The predicted molar refractivity (Wildman–Crippen MR) is 118 cm³/mol. The SMILES string of the molecule is Clc1ccc(-c2ccc3c(c2)C(c2nocc2Nc2ccccc2)CCC3)cc1. The quantitative estimate of drug-likeness (QED) is 0.393. The Kier molecular flexibility index (Phi) is 4.82. The van der Waals surface area contributed by atoms with Crippen LogP contribution >= 0.6 is 11.6 Å². The first kappa shape index (κ1) is 18.0. The minimum Gasteiger partial charge on any atom is -0.362 e. The van der Waals surface area contributed by atoms with E-state index in [2.05, 4.69) is 40.8 Å². The maximum absolute atomic E-state index is 6.06. The third-order valence-corrected chi connectivity index (χ3v) is 5.87. The molecule has 0 spiro atoms. The Morgan fingerprint density at radius 3 is 2.55 bits per heavy atom.